The molecule has 1 aliphatic rings. The molecule has 1 amide bonds. The Morgan fingerprint density at radius 2 is 1.95 bits per heavy atom. The molecule has 2 atom stereocenters. The number of hydrogen-bond acceptors (Lipinski definition) is 5. The average molecular weight is 335 g/mol. The summed E-state index contributed by atoms with van der Waals surface area (Å²) >= 11 is 7.20. The molecule has 1 aromatic carbocycles. The summed E-state index contributed by atoms with van der Waals surface area (Å²) in [5.41, 5.74) is 6.30. The third-order valence-electron chi connectivity index (χ3n) is 2.93. The van der Waals surface area contributed by atoms with Gasteiger partial charge in [0.25, 0.3) is 5.91 Å². The molecule has 0 spiro atoms. The van der Waals surface area contributed by atoms with Crippen molar-refractivity contribution in [2.75, 3.05) is 11.5 Å². The average Bonchev–Trinajstić information content (AvgIpc) is 2.39. The van der Waals surface area contributed by atoms with Crippen LogP contribution in [0.1, 0.15) is 23.2 Å². The summed E-state index contributed by atoms with van der Waals surface area (Å²) in [7, 11) is -3.69. The highest BCUT2D eigenvalue weighted by Crippen LogP contribution is 2.31. The summed E-state index contributed by atoms with van der Waals surface area (Å²) in [6.45, 7) is 0. The Bertz CT molecular complexity index is 581. The number of amides is 1. The Labute approximate surface area is 127 Å². The van der Waals surface area contributed by atoms with Gasteiger partial charge in [0.15, 0.2) is 0 Å². The Hall–Kier alpha value is -0.920. The third kappa shape index (κ3) is 3.80. The Morgan fingerprint density at radius 3 is 2.50 bits per heavy atom. The van der Waals surface area contributed by atoms with Crippen molar-refractivity contribution in [3.8, 4) is 0 Å². The summed E-state index contributed by atoms with van der Waals surface area (Å²) in [6, 6.07) is 6.08. The number of hydrogen-bond donors (Lipinski definition) is 2. The molecule has 2 unspecified atom stereocenters. The maximum Gasteiger partial charge on any atom is 0.264 e. The number of nitrogen functional groups attached to an aromatic ring is 1. The lowest BCUT2D eigenvalue weighted by molar-refractivity contribution is 0.0981. The smallest absolute Gasteiger partial charge is 0.264 e. The van der Waals surface area contributed by atoms with Crippen LogP contribution < -0.4 is 10.5 Å². The van der Waals surface area contributed by atoms with E-state index in [1.165, 1.54) is 23.9 Å². The van der Waals surface area contributed by atoms with Crippen molar-refractivity contribution in [3.05, 3.63) is 29.8 Å². The number of alkyl halides is 1. The van der Waals surface area contributed by atoms with E-state index in [-0.39, 0.29) is 10.9 Å². The first-order valence-corrected chi connectivity index (χ1v) is 9.09. The van der Waals surface area contributed by atoms with Crippen LogP contribution in [0.5, 0.6) is 0 Å². The van der Waals surface area contributed by atoms with E-state index < -0.39 is 20.5 Å². The fourth-order valence-electron chi connectivity index (χ4n) is 1.83. The highest BCUT2D eigenvalue weighted by molar-refractivity contribution is 8.13. The number of sulfonamides is 1. The van der Waals surface area contributed by atoms with E-state index in [0.29, 0.717) is 24.3 Å². The van der Waals surface area contributed by atoms with E-state index in [4.69, 9.17) is 17.3 Å². The number of anilines is 1. The number of rotatable bonds is 3. The molecule has 0 aliphatic carbocycles. The van der Waals surface area contributed by atoms with Crippen molar-refractivity contribution < 1.29 is 13.2 Å². The molecule has 20 heavy (non-hydrogen) atoms. The first-order valence-electron chi connectivity index (χ1n) is 6.05. The van der Waals surface area contributed by atoms with Crippen LogP contribution in [0.25, 0.3) is 0 Å². The largest absolute Gasteiger partial charge is 0.399 e. The molecule has 2 rings (SSSR count). The van der Waals surface area contributed by atoms with Gasteiger partial charge < -0.3 is 5.73 Å². The summed E-state index contributed by atoms with van der Waals surface area (Å²) in [5, 5.41) is -0.000694. The van der Waals surface area contributed by atoms with Crippen LogP contribution in [0.2, 0.25) is 0 Å². The fraction of sp³-hybridized carbons (Fsp3) is 0.417. The predicted octanol–water partition coefficient (Wildman–Crippen LogP) is 1.79. The van der Waals surface area contributed by atoms with E-state index >= 15 is 0 Å². The Balaban J connectivity index is 2.04. The molecule has 3 N–H and O–H groups in total. The molecule has 1 aromatic rings. The van der Waals surface area contributed by atoms with Crippen LogP contribution in [0, 0.1) is 0 Å². The number of halogens is 1. The van der Waals surface area contributed by atoms with E-state index in [9.17, 15) is 13.2 Å². The van der Waals surface area contributed by atoms with E-state index in [1.54, 1.807) is 12.1 Å². The Kier molecular flexibility index (Phi) is 4.82. The monoisotopic (exact) mass is 334 g/mol. The first-order chi connectivity index (χ1) is 9.38. The lowest BCUT2D eigenvalue weighted by atomic mass is 10.2. The van der Waals surface area contributed by atoms with Gasteiger partial charge in [0.2, 0.25) is 10.0 Å². The summed E-state index contributed by atoms with van der Waals surface area (Å²) < 4.78 is 25.7. The first kappa shape index (κ1) is 15.5. The number of carbonyl (C=O) groups excluding carboxylic acids is 1. The lowest BCUT2D eigenvalue weighted by Crippen LogP contribution is -2.39. The summed E-state index contributed by atoms with van der Waals surface area (Å²) in [4.78, 5) is 11.9. The summed E-state index contributed by atoms with van der Waals surface area (Å²) in [5.74, 6) is -0.0676. The molecule has 1 fully saturated rings. The number of carbonyl (C=O) groups is 1. The van der Waals surface area contributed by atoms with Gasteiger partial charge in [-0.3, -0.25) is 4.79 Å². The topological polar surface area (TPSA) is 89.3 Å². The molecule has 0 aromatic heterocycles. The molecule has 0 saturated carbocycles. The number of nitrogens with two attached hydrogens (primary N) is 1. The molecule has 1 saturated heterocycles. The van der Waals surface area contributed by atoms with Gasteiger partial charge in [0.1, 0.15) is 4.58 Å². The minimum atomic E-state index is -3.69. The van der Waals surface area contributed by atoms with Crippen LogP contribution >= 0.6 is 23.4 Å². The Morgan fingerprint density at radius 1 is 1.30 bits per heavy atom. The zero-order valence-electron chi connectivity index (χ0n) is 10.6. The standard InChI is InChI=1S/C12H15ClN2O3S2/c13-9-3-6-11(19-7-9)20(17,18)15-12(16)8-1-4-10(14)5-2-8/h1-2,4-5,9,11H,3,6-7,14H2,(H,15,16). The van der Waals surface area contributed by atoms with Gasteiger partial charge in [-0.2, -0.15) is 0 Å². The third-order valence-corrected chi connectivity index (χ3v) is 7.26. The lowest BCUT2D eigenvalue weighted by Gasteiger charge is -2.24. The molecule has 1 aliphatic heterocycles. The van der Waals surface area contributed by atoms with Gasteiger partial charge in [0.05, 0.1) is 0 Å². The van der Waals surface area contributed by atoms with E-state index in [0.717, 1.165) is 0 Å². The molecule has 110 valence electrons. The van der Waals surface area contributed by atoms with E-state index in [1.807, 2.05) is 0 Å². The molecule has 5 nitrogen and oxygen atoms in total. The molecular weight excluding hydrogens is 320 g/mol. The second-order valence-corrected chi connectivity index (χ2v) is 8.55. The SMILES string of the molecule is Nc1ccc(C(=O)NS(=O)(=O)C2CCC(Cl)CS2)cc1. The molecule has 0 bridgehead atoms. The van der Waals surface area contributed by atoms with Gasteiger partial charge in [-0.05, 0) is 37.1 Å². The maximum atomic E-state index is 12.1. The van der Waals surface area contributed by atoms with Crippen molar-refractivity contribution in [2.45, 2.75) is 22.8 Å². The highest BCUT2D eigenvalue weighted by atomic mass is 35.5. The molecule has 8 heteroatoms. The van der Waals surface area contributed by atoms with Crippen LogP contribution in [-0.2, 0) is 10.0 Å². The number of benzene rings is 1. The molecule has 1 heterocycles. The normalized spacial score (nSPS) is 23.2. The predicted molar refractivity (Wildman–Crippen MR) is 82.4 cm³/mol. The van der Waals surface area contributed by atoms with Crippen molar-refractivity contribution in [1.29, 1.82) is 0 Å². The van der Waals surface area contributed by atoms with Crippen LogP contribution in [0.4, 0.5) is 5.69 Å². The van der Waals surface area contributed by atoms with Crippen molar-refractivity contribution in [2.24, 2.45) is 0 Å². The zero-order chi connectivity index (χ0) is 14.8. The van der Waals surface area contributed by atoms with E-state index in [2.05, 4.69) is 4.72 Å². The van der Waals surface area contributed by atoms with Crippen LogP contribution in [-0.4, -0.2) is 30.0 Å². The second kappa shape index (κ2) is 6.24. The van der Waals surface area contributed by atoms with Crippen molar-refractivity contribution in [3.63, 3.8) is 0 Å². The fourth-order valence-corrected chi connectivity index (χ4v) is 5.12. The highest BCUT2D eigenvalue weighted by Gasteiger charge is 2.32. The molecular formula is C12H15ClN2O3S2. The number of nitrogens with one attached hydrogen (secondary N) is 1. The van der Waals surface area contributed by atoms with Gasteiger partial charge in [-0.1, -0.05) is 0 Å². The van der Waals surface area contributed by atoms with Crippen molar-refractivity contribution in [1.82, 2.24) is 4.72 Å². The quantitative estimate of drug-likeness (QED) is 0.649. The zero-order valence-corrected chi connectivity index (χ0v) is 13.0. The van der Waals surface area contributed by atoms with Crippen molar-refractivity contribution >= 4 is 45.0 Å². The minimum absolute atomic E-state index is 0.000694. The minimum Gasteiger partial charge on any atom is -0.399 e. The van der Waals surface area contributed by atoms with Gasteiger partial charge in [-0.15, -0.1) is 23.4 Å². The maximum absolute atomic E-state index is 12.1. The van der Waals surface area contributed by atoms with Gasteiger partial charge in [-0.25, -0.2) is 13.1 Å². The number of thioether (sulfide) groups is 1. The van der Waals surface area contributed by atoms with Crippen LogP contribution in [0.3, 0.4) is 0 Å². The second-order valence-electron chi connectivity index (χ2n) is 4.54. The summed E-state index contributed by atoms with van der Waals surface area (Å²) in [6.07, 6.45) is 1.08. The van der Waals surface area contributed by atoms with Crippen LogP contribution in [0.15, 0.2) is 24.3 Å². The van der Waals surface area contributed by atoms with Gasteiger partial charge >= 0.3 is 0 Å². The van der Waals surface area contributed by atoms with Gasteiger partial charge in [0, 0.05) is 22.4 Å². The molecule has 0 radical (unpaired) electrons.